The number of carbonyl (C=O) groups excluding carboxylic acids is 1. The molecule has 2 aromatic carbocycles. The Morgan fingerprint density at radius 1 is 1.14 bits per heavy atom. The number of hydrogen-bond acceptors (Lipinski definition) is 3. The van der Waals surface area contributed by atoms with Crippen LogP contribution in [-0.4, -0.2) is 31.2 Å². The van der Waals surface area contributed by atoms with Crippen molar-refractivity contribution in [1.29, 1.82) is 0 Å². The SMILES string of the molecule is Cc1ccc(S(=O)(=O)N2CCCC[C@@H]2CC(=O)Nc2ccc(Br)c(C)c2)cc1. The molecule has 1 atom stereocenters. The molecule has 0 radical (unpaired) electrons. The Bertz CT molecular complexity index is 958. The van der Waals surface area contributed by atoms with E-state index in [0.29, 0.717) is 13.0 Å². The number of benzene rings is 2. The Labute approximate surface area is 175 Å². The molecule has 1 fully saturated rings. The minimum atomic E-state index is -3.61. The molecule has 1 aliphatic rings. The monoisotopic (exact) mass is 464 g/mol. The van der Waals surface area contributed by atoms with Crippen LogP contribution in [0.3, 0.4) is 0 Å². The van der Waals surface area contributed by atoms with Crippen LogP contribution in [0.2, 0.25) is 0 Å². The first kappa shape index (κ1) is 21.0. The van der Waals surface area contributed by atoms with Crippen molar-refractivity contribution < 1.29 is 13.2 Å². The van der Waals surface area contributed by atoms with Gasteiger partial charge in [0.1, 0.15) is 0 Å². The van der Waals surface area contributed by atoms with Gasteiger partial charge >= 0.3 is 0 Å². The van der Waals surface area contributed by atoms with E-state index in [0.717, 1.165) is 34.1 Å². The zero-order valence-corrected chi connectivity index (χ0v) is 18.5. The summed E-state index contributed by atoms with van der Waals surface area (Å²) in [7, 11) is -3.61. The molecule has 1 aliphatic heterocycles. The maximum absolute atomic E-state index is 13.1. The van der Waals surface area contributed by atoms with Gasteiger partial charge in [-0.15, -0.1) is 0 Å². The molecule has 0 saturated carbocycles. The minimum Gasteiger partial charge on any atom is -0.326 e. The highest BCUT2D eigenvalue weighted by Crippen LogP contribution is 2.28. The van der Waals surface area contributed by atoms with E-state index in [9.17, 15) is 13.2 Å². The highest BCUT2D eigenvalue weighted by atomic mass is 79.9. The van der Waals surface area contributed by atoms with Crippen LogP contribution in [0, 0.1) is 13.8 Å². The van der Waals surface area contributed by atoms with Crippen molar-refractivity contribution in [3.8, 4) is 0 Å². The summed E-state index contributed by atoms with van der Waals surface area (Å²) >= 11 is 3.45. The number of rotatable bonds is 5. The predicted molar refractivity (Wildman–Crippen MR) is 115 cm³/mol. The smallest absolute Gasteiger partial charge is 0.243 e. The standard InChI is InChI=1S/C21H25BrN2O3S/c1-15-6-9-19(10-7-15)28(26,27)24-12-4-3-5-18(24)14-21(25)23-17-8-11-20(22)16(2)13-17/h6-11,13,18H,3-5,12,14H2,1-2H3,(H,23,25)/t18-/m1/s1. The summed E-state index contributed by atoms with van der Waals surface area (Å²) in [6.07, 6.45) is 2.59. The van der Waals surface area contributed by atoms with Crippen molar-refractivity contribution in [1.82, 2.24) is 4.31 Å². The maximum Gasteiger partial charge on any atom is 0.243 e. The van der Waals surface area contributed by atoms with Crippen molar-refractivity contribution in [3.05, 3.63) is 58.1 Å². The zero-order chi connectivity index (χ0) is 20.3. The molecule has 0 bridgehead atoms. The van der Waals surface area contributed by atoms with Crippen molar-refractivity contribution in [2.45, 2.75) is 50.5 Å². The lowest BCUT2D eigenvalue weighted by Gasteiger charge is -2.34. The average molecular weight is 465 g/mol. The lowest BCUT2D eigenvalue weighted by atomic mass is 10.0. The van der Waals surface area contributed by atoms with Gasteiger partial charge in [-0.2, -0.15) is 4.31 Å². The molecule has 0 aromatic heterocycles. The molecular formula is C21H25BrN2O3S. The van der Waals surface area contributed by atoms with Gasteiger partial charge in [-0.3, -0.25) is 4.79 Å². The highest BCUT2D eigenvalue weighted by molar-refractivity contribution is 9.10. The van der Waals surface area contributed by atoms with Crippen molar-refractivity contribution in [2.24, 2.45) is 0 Å². The molecule has 1 amide bonds. The quantitative estimate of drug-likeness (QED) is 0.700. The van der Waals surface area contributed by atoms with Gasteiger partial charge in [-0.05, 0) is 62.6 Å². The zero-order valence-electron chi connectivity index (χ0n) is 16.1. The third kappa shape index (κ3) is 4.82. The normalized spacial score (nSPS) is 18.0. The lowest BCUT2D eigenvalue weighted by Crippen LogP contribution is -2.45. The molecule has 0 unspecified atom stereocenters. The fraction of sp³-hybridized carbons (Fsp3) is 0.381. The van der Waals surface area contributed by atoms with Gasteiger partial charge in [0.25, 0.3) is 0 Å². The first-order valence-electron chi connectivity index (χ1n) is 9.42. The van der Waals surface area contributed by atoms with Gasteiger partial charge in [-0.25, -0.2) is 8.42 Å². The third-order valence-electron chi connectivity index (χ3n) is 5.06. The number of sulfonamides is 1. The second-order valence-electron chi connectivity index (χ2n) is 7.29. The Morgan fingerprint density at radius 3 is 2.54 bits per heavy atom. The summed E-state index contributed by atoms with van der Waals surface area (Å²) < 4.78 is 28.7. The van der Waals surface area contributed by atoms with Crippen molar-refractivity contribution in [3.63, 3.8) is 0 Å². The Morgan fingerprint density at radius 2 is 1.86 bits per heavy atom. The minimum absolute atomic E-state index is 0.153. The van der Waals surface area contributed by atoms with Crippen LogP contribution in [-0.2, 0) is 14.8 Å². The molecule has 2 aromatic rings. The molecule has 28 heavy (non-hydrogen) atoms. The van der Waals surface area contributed by atoms with E-state index in [1.54, 1.807) is 24.3 Å². The first-order valence-corrected chi connectivity index (χ1v) is 11.7. The second kappa shape index (κ2) is 8.76. The summed E-state index contributed by atoms with van der Waals surface area (Å²) in [6, 6.07) is 12.2. The number of aryl methyl sites for hydroxylation is 2. The molecular weight excluding hydrogens is 440 g/mol. The third-order valence-corrected chi connectivity index (χ3v) is 7.92. The van der Waals surface area contributed by atoms with Gasteiger partial charge in [0.05, 0.1) is 4.90 Å². The topological polar surface area (TPSA) is 66.5 Å². The Balaban J connectivity index is 1.74. The fourth-order valence-corrected chi connectivity index (χ4v) is 5.43. The van der Waals surface area contributed by atoms with Gasteiger partial charge in [-0.1, -0.05) is 40.0 Å². The van der Waals surface area contributed by atoms with E-state index in [1.807, 2.05) is 32.0 Å². The van der Waals surface area contributed by atoms with Gasteiger partial charge in [0.2, 0.25) is 15.9 Å². The Hall–Kier alpha value is -1.70. The molecule has 7 heteroatoms. The van der Waals surface area contributed by atoms with E-state index < -0.39 is 10.0 Å². The van der Waals surface area contributed by atoms with Crippen molar-refractivity contribution in [2.75, 3.05) is 11.9 Å². The summed E-state index contributed by atoms with van der Waals surface area (Å²) in [4.78, 5) is 12.9. The lowest BCUT2D eigenvalue weighted by molar-refractivity contribution is -0.117. The number of carbonyl (C=O) groups is 1. The van der Waals surface area contributed by atoms with Crippen LogP contribution in [0.25, 0.3) is 0 Å². The summed E-state index contributed by atoms with van der Waals surface area (Å²) in [5.41, 5.74) is 2.76. The van der Waals surface area contributed by atoms with Crippen LogP contribution in [0.5, 0.6) is 0 Å². The molecule has 0 aliphatic carbocycles. The van der Waals surface area contributed by atoms with E-state index in [-0.39, 0.29) is 23.3 Å². The summed E-state index contributed by atoms with van der Waals surface area (Å²) in [5, 5.41) is 2.90. The van der Waals surface area contributed by atoms with Crippen LogP contribution >= 0.6 is 15.9 Å². The predicted octanol–water partition coefficient (Wildman–Crippen LogP) is 4.64. The van der Waals surface area contributed by atoms with Crippen molar-refractivity contribution >= 4 is 37.5 Å². The highest BCUT2D eigenvalue weighted by Gasteiger charge is 2.34. The maximum atomic E-state index is 13.1. The van der Waals surface area contributed by atoms with Crippen LogP contribution in [0.4, 0.5) is 5.69 Å². The van der Waals surface area contributed by atoms with Crippen LogP contribution in [0.15, 0.2) is 51.8 Å². The number of nitrogens with one attached hydrogen (secondary N) is 1. The first-order chi connectivity index (χ1) is 13.3. The van der Waals surface area contributed by atoms with E-state index in [1.165, 1.54) is 4.31 Å². The number of amides is 1. The molecule has 3 rings (SSSR count). The van der Waals surface area contributed by atoms with Crippen LogP contribution in [0.1, 0.15) is 36.8 Å². The fourth-order valence-electron chi connectivity index (χ4n) is 3.49. The second-order valence-corrected chi connectivity index (χ2v) is 10.0. The largest absolute Gasteiger partial charge is 0.326 e. The number of piperidine rings is 1. The molecule has 1 heterocycles. The average Bonchev–Trinajstić information content (AvgIpc) is 2.65. The molecule has 0 spiro atoms. The molecule has 1 saturated heterocycles. The molecule has 150 valence electrons. The van der Waals surface area contributed by atoms with Gasteiger partial charge < -0.3 is 5.32 Å². The van der Waals surface area contributed by atoms with Crippen LogP contribution < -0.4 is 5.32 Å². The van der Waals surface area contributed by atoms with E-state index in [4.69, 9.17) is 0 Å². The van der Waals surface area contributed by atoms with E-state index in [2.05, 4.69) is 21.2 Å². The number of halogens is 1. The van der Waals surface area contributed by atoms with Gasteiger partial charge in [0, 0.05) is 29.2 Å². The summed E-state index contributed by atoms with van der Waals surface area (Å²) in [6.45, 7) is 4.33. The number of nitrogens with zero attached hydrogens (tertiary/aromatic N) is 1. The van der Waals surface area contributed by atoms with Gasteiger partial charge in [0.15, 0.2) is 0 Å². The number of anilines is 1. The van der Waals surface area contributed by atoms with E-state index >= 15 is 0 Å². The Kier molecular flexibility index (Phi) is 6.58. The molecule has 1 N–H and O–H groups in total. The number of hydrogen-bond donors (Lipinski definition) is 1. The molecule has 5 nitrogen and oxygen atoms in total. The summed E-state index contributed by atoms with van der Waals surface area (Å²) in [5.74, 6) is -0.169.